The smallest absolute Gasteiger partial charge is 0.343 e. The molecule has 1 aliphatic heterocycles. The molecule has 0 radical (unpaired) electrons. The van der Waals surface area contributed by atoms with Crippen molar-refractivity contribution in [1.82, 2.24) is 9.55 Å². The quantitative estimate of drug-likeness (QED) is 0.680. The number of ether oxygens (including phenoxy) is 1. The van der Waals surface area contributed by atoms with Crippen LogP contribution < -0.4 is 16.1 Å². The molecule has 0 amide bonds. The average Bonchev–Trinajstić information content (AvgIpc) is 3.15. The molecule has 1 saturated heterocycles. The summed E-state index contributed by atoms with van der Waals surface area (Å²) in [6.07, 6.45) is 2.15. The number of aromatic nitrogens is 2. The minimum Gasteiger partial charge on any atom is -0.462 e. The van der Waals surface area contributed by atoms with Gasteiger partial charge in [0, 0.05) is 31.0 Å². The lowest BCUT2D eigenvalue weighted by Gasteiger charge is -2.19. The van der Waals surface area contributed by atoms with E-state index >= 15 is 0 Å². The molecule has 1 aromatic carbocycles. The SMILES string of the molecule is CCOC(=O)c1cn(-c2ccccc2)c2nc(N3CCC(N)C3)c(F)cc2c1=O. The first-order valence-electron chi connectivity index (χ1n) is 9.48. The van der Waals surface area contributed by atoms with Gasteiger partial charge < -0.3 is 19.9 Å². The van der Waals surface area contributed by atoms with Gasteiger partial charge in [0.2, 0.25) is 5.43 Å². The lowest BCUT2D eigenvalue weighted by atomic mass is 10.1. The van der Waals surface area contributed by atoms with Gasteiger partial charge in [-0.05, 0) is 31.5 Å². The third-order valence-corrected chi connectivity index (χ3v) is 4.97. The molecule has 2 N–H and O–H groups in total. The minimum absolute atomic E-state index is 0.0177. The highest BCUT2D eigenvalue weighted by atomic mass is 19.1. The van der Waals surface area contributed by atoms with Crippen molar-refractivity contribution in [1.29, 1.82) is 0 Å². The Morgan fingerprint density at radius 2 is 2.10 bits per heavy atom. The summed E-state index contributed by atoms with van der Waals surface area (Å²) in [6, 6.07) is 10.2. The second-order valence-electron chi connectivity index (χ2n) is 6.96. The number of hydrogen-bond acceptors (Lipinski definition) is 6. The van der Waals surface area contributed by atoms with E-state index in [0.717, 1.165) is 12.5 Å². The maximum Gasteiger partial charge on any atom is 0.343 e. The summed E-state index contributed by atoms with van der Waals surface area (Å²) in [5.41, 5.74) is 6.13. The number of carbonyl (C=O) groups excluding carboxylic acids is 1. The number of fused-ring (bicyclic) bond motifs is 1. The molecule has 0 saturated carbocycles. The van der Waals surface area contributed by atoms with Gasteiger partial charge in [-0.2, -0.15) is 0 Å². The van der Waals surface area contributed by atoms with Crippen LogP contribution in [0.5, 0.6) is 0 Å². The fraction of sp³-hybridized carbons (Fsp3) is 0.286. The standard InChI is InChI=1S/C21H21FN4O3/c1-2-29-21(28)16-12-26(14-6-4-3-5-7-14)19-15(18(16)27)10-17(22)20(24-19)25-9-8-13(23)11-25/h3-7,10,12-13H,2,8-9,11,23H2,1H3. The predicted octanol–water partition coefficient (Wildman–Crippen LogP) is 2.24. The topological polar surface area (TPSA) is 90.5 Å². The van der Waals surface area contributed by atoms with Crippen LogP contribution in [0.15, 0.2) is 47.4 Å². The van der Waals surface area contributed by atoms with Crippen LogP contribution in [0.25, 0.3) is 16.7 Å². The van der Waals surface area contributed by atoms with Crippen molar-refractivity contribution in [3.8, 4) is 5.69 Å². The second kappa shape index (κ2) is 7.63. The number of rotatable bonds is 4. The summed E-state index contributed by atoms with van der Waals surface area (Å²) in [7, 11) is 0. The molecule has 1 fully saturated rings. The van der Waals surface area contributed by atoms with Crippen LogP contribution in [0, 0.1) is 5.82 Å². The van der Waals surface area contributed by atoms with Gasteiger partial charge in [-0.3, -0.25) is 4.79 Å². The second-order valence-corrected chi connectivity index (χ2v) is 6.96. The molecule has 29 heavy (non-hydrogen) atoms. The molecule has 1 atom stereocenters. The summed E-state index contributed by atoms with van der Waals surface area (Å²) in [4.78, 5) is 31.5. The first-order valence-corrected chi connectivity index (χ1v) is 9.48. The lowest BCUT2D eigenvalue weighted by molar-refractivity contribution is 0.0524. The molecule has 7 nitrogen and oxygen atoms in total. The van der Waals surface area contributed by atoms with Crippen molar-refractivity contribution >= 4 is 22.8 Å². The molecule has 3 aromatic rings. The van der Waals surface area contributed by atoms with Crippen LogP contribution in [-0.4, -0.2) is 41.3 Å². The van der Waals surface area contributed by atoms with Gasteiger partial charge in [0.15, 0.2) is 17.3 Å². The highest BCUT2D eigenvalue weighted by Gasteiger charge is 2.26. The molecule has 8 heteroatoms. The first kappa shape index (κ1) is 19.1. The van der Waals surface area contributed by atoms with Crippen LogP contribution in [0.4, 0.5) is 10.2 Å². The number of pyridine rings is 2. The van der Waals surface area contributed by atoms with Gasteiger partial charge in [0.25, 0.3) is 0 Å². The molecule has 0 bridgehead atoms. The van der Waals surface area contributed by atoms with Crippen molar-refractivity contribution in [2.24, 2.45) is 5.73 Å². The van der Waals surface area contributed by atoms with E-state index in [1.807, 2.05) is 30.3 Å². The van der Waals surface area contributed by atoms with Crippen LogP contribution in [0.1, 0.15) is 23.7 Å². The van der Waals surface area contributed by atoms with Crippen molar-refractivity contribution in [3.63, 3.8) is 0 Å². The van der Waals surface area contributed by atoms with Crippen LogP contribution >= 0.6 is 0 Å². The van der Waals surface area contributed by atoms with Crippen LogP contribution in [-0.2, 0) is 4.74 Å². The number of carbonyl (C=O) groups is 1. The molecular weight excluding hydrogens is 375 g/mol. The highest BCUT2D eigenvalue weighted by Crippen LogP contribution is 2.26. The Hall–Kier alpha value is -3.26. The number of para-hydroxylation sites is 1. The summed E-state index contributed by atoms with van der Waals surface area (Å²) < 4.78 is 21.5. The lowest BCUT2D eigenvalue weighted by Crippen LogP contribution is -2.28. The van der Waals surface area contributed by atoms with Crippen LogP contribution in [0.3, 0.4) is 0 Å². The fourth-order valence-electron chi connectivity index (χ4n) is 3.56. The van der Waals surface area contributed by atoms with Crippen molar-refractivity contribution in [2.75, 3.05) is 24.6 Å². The van der Waals surface area contributed by atoms with Gasteiger partial charge in [-0.25, -0.2) is 14.2 Å². The fourth-order valence-corrected chi connectivity index (χ4v) is 3.56. The summed E-state index contributed by atoms with van der Waals surface area (Å²) in [5, 5.41) is 0.0177. The third kappa shape index (κ3) is 3.47. The van der Waals surface area contributed by atoms with Crippen molar-refractivity contribution < 1.29 is 13.9 Å². The van der Waals surface area contributed by atoms with Crippen LogP contribution in [0.2, 0.25) is 0 Å². The van der Waals surface area contributed by atoms with E-state index in [-0.39, 0.29) is 35.1 Å². The van der Waals surface area contributed by atoms with Gasteiger partial charge in [0.1, 0.15) is 5.56 Å². The minimum atomic E-state index is -0.751. The number of esters is 1. The molecule has 1 unspecified atom stereocenters. The Kier molecular flexibility index (Phi) is 5.02. The predicted molar refractivity (Wildman–Crippen MR) is 108 cm³/mol. The first-order chi connectivity index (χ1) is 14.0. The van der Waals surface area contributed by atoms with E-state index in [9.17, 15) is 14.0 Å². The largest absolute Gasteiger partial charge is 0.462 e. The summed E-state index contributed by atoms with van der Waals surface area (Å²) >= 11 is 0. The van der Waals surface area contributed by atoms with E-state index in [2.05, 4.69) is 4.98 Å². The highest BCUT2D eigenvalue weighted by molar-refractivity contribution is 5.93. The van der Waals surface area contributed by atoms with E-state index in [1.165, 1.54) is 6.20 Å². The van der Waals surface area contributed by atoms with Gasteiger partial charge in [-0.1, -0.05) is 18.2 Å². The average molecular weight is 396 g/mol. The normalized spacial score (nSPS) is 16.4. The Morgan fingerprint density at radius 1 is 1.34 bits per heavy atom. The Labute approximate surface area is 166 Å². The number of anilines is 1. The zero-order chi connectivity index (χ0) is 20.5. The summed E-state index contributed by atoms with van der Waals surface area (Å²) in [5.74, 6) is -1.22. The van der Waals surface area contributed by atoms with Gasteiger partial charge >= 0.3 is 5.97 Å². The van der Waals surface area contributed by atoms with Crippen molar-refractivity contribution in [2.45, 2.75) is 19.4 Å². The molecule has 2 aromatic heterocycles. The molecule has 0 spiro atoms. The van der Waals surface area contributed by atoms with E-state index in [4.69, 9.17) is 10.5 Å². The number of nitrogens with zero attached hydrogens (tertiary/aromatic N) is 3. The van der Waals surface area contributed by atoms with E-state index in [1.54, 1.807) is 16.4 Å². The molecule has 1 aliphatic rings. The van der Waals surface area contributed by atoms with E-state index in [0.29, 0.717) is 18.8 Å². The van der Waals surface area contributed by atoms with E-state index < -0.39 is 17.2 Å². The number of benzene rings is 1. The Bertz CT molecular complexity index is 1130. The zero-order valence-electron chi connectivity index (χ0n) is 16.0. The van der Waals surface area contributed by atoms with Crippen molar-refractivity contribution in [3.05, 3.63) is 64.2 Å². The number of halogens is 1. The Morgan fingerprint density at radius 3 is 2.76 bits per heavy atom. The maximum atomic E-state index is 14.9. The number of nitrogens with two attached hydrogens (primary N) is 1. The molecular formula is C21H21FN4O3. The monoisotopic (exact) mass is 396 g/mol. The van der Waals surface area contributed by atoms with Gasteiger partial charge in [0.05, 0.1) is 12.0 Å². The maximum absolute atomic E-state index is 14.9. The molecule has 3 heterocycles. The summed E-state index contributed by atoms with van der Waals surface area (Å²) in [6.45, 7) is 2.87. The van der Waals surface area contributed by atoms with Gasteiger partial charge in [-0.15, -0.1) is 0 Å². The third-order valence-electron chi connectivity index (χ3n) is 4.97. The molecule has 4 rings (SSSR count). The Balaban J connectivity index is 1.99. The molecule has 150 valence electrons. The zero-order valence-corrected chi connectivity index (χ0v) is 16.0. The molecule has 0 aliphatic carbocycles. The number of hydrogen-bond donors (Lipinski definition) is 1.